The van der Waals surface area contributed by atoms with Gasteiger partial charge in [0.15, 0.2) is 0 Å². The Morgan fingerprint density at radius 2 is 1.84 bits per heavy atom. The van der Waals surface area contributed by atoms with Gasteiger partial charge in [-0.15, -0.1) is 0 Å². The van der Waals surface area contributed by atoms with E-state index in [1.54, 1.807) is 18.7 Å². The molecule has 1 aromatic rings. The van der Waals surface area contributed by atoms with E-state index in [0.29, 0.717) is 25.9 Å². The number of carbonyl (C=O) groups is 3. The number of hydrogen-bond donors (Lipinski definition) is 3. The van der Waals surface area contributed by atoms with Crippen molar-refractivity contribution in [1.82, 2.24) is 10.2 Å². The SMILES string of the molecule is CC(C)C(=O)NCC(=O)N1CCC2(CC1)Nc1ccccc1NC2=O. The van der Waals surface area contributed by atoms with Gasteiger partial charge in [0, 0.05) is 19.0 Å². The van der Waals surface area contributed by atoms with Crippen LogP contribution in [0.5, 0.6) is 0 Å². The molecule has 0 atom stereocenters. The summed E-state index contributed by atoms with van der Waals surface area (Å²) in [6, 6.07) is 7.61. The normalized spacial score (nSPS) is 18.4. The van der Waals surface area contributed by atoms with Crippen molar-refractivity contribution in [1.29, 1.82) is 0 Å². The Bertz CT molecular complexity index is 693. The Morgan fingerprint density at radius 3 is 2.48 bits per heavy atom. The lowest BCUT2D eigenvalue weighted by Crippen LogP contribution is -2.59. The Kier molecular flexibility index (Phi) is 4.65. The van der Waals surface area contributed by atoms with E-state index < -0.39 is 5.54 Å². The molecule has 3 rings (SSSR count). The molecule has 3 N–H and O–H groups in total. The second kappa shape index (κ2) is 6.74. The molecular formula is C18H24N4O3. The van der Waals surface area contributed by atoms with Crippen molar-refractivity contribution < 1.29 is 14.4 Å². The maximum Gasteiger partial charge on any atom is 0.250 e. The highest BCUT2D eigenvalue weighted by atomic mass is 16.2. The molecular weight excluding hydrogens is 320 g/mol. The molecule has 0 aliphatic carbocycles. The number of benzene rings is 1. The Labute approximate surface area is 147 Å². The fraction of sp³-hybridized carbons (Fsp3) is 0.500. The van der Waals surface area contributed by atoms with E-state index in [2.05, 4.69) is 16.0 Å². The quantitative estimate of drug-likeness (QED) is 0.768. The highest BCUT2D eigenvalue weighted by Gasteiger charge is 2.44. The Hall–Kier alpha value is -2.57. The highest BCUT2D eigenvalue weighted by molar-refractivity contribution is 6.06. The molecule has 7 nitrogen and oxygen atoms in total. The van der Waals surface area contributed by atoms with Gasteiger partial charge in [-0.2, -0.15) is 0 Å². The molecule has 2 aliphatic rings. The van der Waals surface area contributed by atoms with Crippen molar-refractivity contribution in [3.63, 3.8) is 0 Å². The van der Waals surface area contributed by atoms with Gasteiger partial charge in [0.2, 0.25) is 17.7 Å². The van der Waals surface area contributed by atoms with Crippen LogP contribution in [0.4, 0.5) is 11.4 Å². The zero-order valence-corrected chi connectivity index (χ0v) is 14.6. The van der Waals surface area contributed by atoms with Gasteiger partial charge < -0.3 is 20.9 Å². The van der Waals surface area contributed by atoms with E-state index in [-0.39, 0.29) is 30.2 Å². The lowest BCUT2D eigenvalue weighted by atomic mass is 9.84. The van der Waals surface area contributed by atoms with Gasteiger partial charge in [0.25, 0.3) is 0 Å². The number of anilines is 2. The zero-order chi connectivity index (χ0) is 18.0. The van der Waals surface area contributed by atoms with Crippen LogP contribution in [0, 0.1) is 5.92 Å². The highest BCUT2D eigenvalue weighted by Crippen LogP contribution is 2.36. The molecule has 1 aromatic carbocycles. The summed E-state index contributed by atoms with van der Waals surface area (Å²) in [5.41, 5.74) is 1.02. The summed E-state index contributed by atoms with van der Waals surface area (Å²) in [5, 5.41) is 8.97. The third-order valence-corrected chi connectivity index (χ3v) is 4.89. The largest absolute Gasteiger partial charge is 0.369 e. The summed E-state index contributed by atoms with van der Waals surface area (Å²) in [7, 11) is 0. The summed E-state index contributed by atoms with van der Waals surface area (Å²) in [5.74, 6) is -0.439. The third-order valence-electron chi connectivity index (χ3n) is 4.89. The second-order valence-electron chi connectivity index (χ2n) is 6.96. The Morgan fingerprint density at radius 1 is 1.20 bits per heavy atom. The van der Waals surface area contributed by atoms with Crippen LogP contribution in [0.15, 0.2) is 24.3 Å². The number of fused-ring (bicyclic) bond motifs is 1. The van der Waals surface area contributed by atoms with E-state index >= 15 is 0 Å². The number of likely N-dealkylation sites (tertiary alicyclic amines) is 1. The van der Waals surface area contributed by atoms with Gasteiger partial charge in [-0.1, -0.05) is 26.0 Å². The molecule has 2 heterocycles. The first-order chi connectivity index (χ1) is 11.9. The lowest BCUT2D eigenvalue weighted by Gasteiger charge is -2.44. The minimum Gasteiger partial charge on any atom is -0.369 e. The summed E-state index contributed by atoms with van der Waals surface area (Å²) in [6.07, 6.45) is 1.08. The van der Waals surface area contributed by atoms with Gasteiger partial charge in [-0.05, 0) is 25.0 Å². The predicted molar refractivity (Wildman–Crippen MR) is 95.1 cm³/mol. The van der Waals surface area contributed by atoms with Gasteiger partial charge in [-0.3, -0.25) is 14.4 Å². The van der Waals surface area contributed by atoms with Crippen LogP contribution in [-0.2, 0) is 14.4 Å². The van der Waals surface area contributed by atoms with Gasteiger partial charge in [-0.25, -0.2) is 0 Å². The summed E-state index contributed by atoms with van der Waals surface area (Å²) < 4.78 is 0. The minimum absolute atomic E-state index is 0.00642. The van der Waals surface area contributed by atoms with Crippen molar-refractivity contribution in [2.45, 2.75) is 32.2 Å². The first kappa shape index (κ1) is 17.3. The second-order valence-corrected chi connectivity index (χ2v) is 6.96. The number of carbonyl (C=O) groups excluding carboxylic acids is 3. The number of hydrogen-bond acceptors (Lipinski definition) is 4. The van der Waals surface area contributed by atoms with Crippen LogP contribution in [0.25, 0.3) is 0 Å². The number of nitrogens with zero attached hydrogens (tertiary/aromatic N) is 1. The fourth-order valence-corrected chi connectivity index (χ4v) is 3.23. The van der Waals surface area contributed by atoms with Crippen LogP contribution in [0.1, 0.15) is 26.7 Å². The summed E-state index contributed by atoms with van der Waals surface area (Å²) >= 11 is 0. The number of para-hydroxylation sites is 2. The molecule has 1 saturated heterocycles. The topological polar surface area (TPSA) is 90.5 Å². The van der Waals surface area contributed by atoms with Crippen molar-refractivity contribution in [3.8, 4) is 0 Å². The molecule has 3 amide bonds. The molecule has 0 saturated carbocycles. The van der Waals surface area contributed by atoms with Gasteiger partial charge in [0.05, 0.1) is 17.9 Å². The molecule has 1 fully saturated rings. The number of amides is 3. The van der Waals surface area contributed by atoms with Gasteiger partial charge >= 0.3 is 0 Å². The summed E-state index contributed by atoms with van der Waals surface area (Å²) in [6.45, 7) is 4.55. The molecule has 25 heavy (non-hydrogen) atoms. The molecule has 0 aromatic heterocycles. The van der Waals surface area contributed by atoms with E-state index in [0.717, 1.165) is 11.4 Å². The monoisotopic (exact) mass is 344 g/mol. The fourth-order valence-electron chi connectivity index (χ4n) is 3.23. The molecule has 0 unspecified atom stereocenters. The molecule has 7 heteroatoms. The molecule has 0 radical (unpaired) electrons. The standard InChI is InChI=1S/C18H24N4O3/c1-12(2)16(24)19-11-15(23)22-9-7-18(8-10-22)17(25)20-13-5-3-4-6-14(13)21-18/h3-6,12,21H,7-11H2,1-2H3,(H,19,24)(H,20,25). The van der Waals surface area contributed by atoms with Crippen LogP contribution in [0.2, 0.25) is 0 Å². The minimum atomic E-state index is -0.674. The van der Waals surface area contributed by atoms with Crippen molar-refractivity contribution >= 4 is 29.1 Å². The smallest absolute Gasteiger partial charge is 0.250 e. The van der Waals surface area contributed by atoms with E-state index in [1.165, 1.54) is 0 Å². The Balaban J connectivity index is 1.59. The van der Waals surface area contributed by atoms with Crippen LogP contribution in [0.3, 0.4) is 0 Å². The number of rotatable bonds is 3. The van der Waals surface area contributed by atoms with Crippen molar-refractivity contribution in [2.24, 2.45) is 5.92 Å². The van der Waals surface area contributed by atoms with Crippen molar-refractivity contribution in [3.05, 3.63) is 24.3 Å². The summed E-state index contributed by atoms with van der Waals surface area (Å²) in [4.78, 5) is 38.1. The van der Waals surface area contributed by atoms with Crippen molar-refractivity contribution in [2.75, 3.05) is 30.3 Å². The van der Waals surface area contributed by atoms with Crippen LogP contribution >= 0.6 is 0 Å². The maximum absolute atomic E-state index is 12.6. The molecule has 134 valence electrons. The zero-order valence-electron chi connectivity index (χ0n) is 14.6. The molecule has 1 spiro atoms. The van der Waals surface area contributed by atoms with Crippen LogP contribution in [-0.4, -0.2) is 47.8 Å². The first-order valence-electron chi connectivity index (χ1n) is 8.65. The van der Waals surface area contributed by atoms with Crippen LogP contribution < -0.4 is 16.0 Å². The average molecular weight is 344 g/mol. The average Bonchev–Trinajstić information content (AvgIpc) is 2.61. The molecule has 2 aliphatic heterocycles. The van der Waals surface area contributed by atoms with E-state index in [1.807, 2.05) is 24.3 Å². The van der Waals surface area contributed by atoms with E-state index in [9.17, 15) is 14.4 Å². The third kappa shape index (κ3) is 3.45. The van der Waals surface area contributed by atoms with Gasteiger partial charge in [0.1, 0.15) is 5.54 Å². The first-order valence-corrected chi connectivity index (χ1v) is 8.65. The molecule has 0 bridgehead atoms. The lowest BCUT2D eigenvalue weighted by molar-refractivity contribution is -0.136. The number of piperidine rings is 1. The number of nitrogens with one attached hydrogen (secondary N) is 3. The maximum atomic E-state index is 12.6. The van der Waals surface area contributed by atoms with E-state index in [4.69, 9.17) is 0 Å². The predicted octanol–water partition coefficient (Wildman–Crippen LogP) is 1.18.